The van der Waals surface area contributed by atoms with Crippen LogP contribution < -0.4 is 5.32 Å². The van der Waals surface area contributed by atoms with Crippen molar-refractivity contribution in [1.82, 2.24) is 10.2 Å². The van der Waals surface area contributed by atoms with E-state index in [1.165, 1.54) is 5.56 Å². The molecule has 5 nitrogen and oxygen atoms in total. The van der Waals surface area contributed by atoms with Crippen LogP contribution in [0.4, 0.5) is 4.79 Å². The van der Waals surface area contributed by atoms with Gasteiger partial charge in [0.25, 0.3) is 0 Å². The van der Waals surface area contributed by atoms with Crippen molar-refractivity contribution in [2.24, 2.45) is 0 Å². The van der Waals surface area contributed by atoms with Crippen molar-refractivity contribution in [3.8, 4) is 0 Å². The molecule has 6 heteroatoms. The fourth-order valence-electron chi connectivity index (χ4n) is 3.05. The molecule has 1 aromatic carbocycles. The van der Waals surface area contributed by atoms with E-state index in [0.717, 1.165) is 16.7 Å². The number of hydrogen-bond acceptors (Lipinski definition) is 3. The van der Waals surface area contributed by atoms with Crippen molar-refractivity contribution in [2.75, 3.05) is 18.1 Å². The molecule has 1 aliphatic rings. The van der Waals surface area contributed by atoms with Gasteiger partial charge in [-0.1, -0.05) is 17.7 Å². The summed E-state index contributed by atoms with van der Waals surface area (Å²) in [5.41, 5.74) is 4.65. The molecule has 0 aliphatic carbocycles. The summed E-state index contributed by atoms with van der Waals surface area (Å²) in [6.45, 7) is 8.64. The third-order valence-corrected chi connectivity index (χ3v) is 5.98. The van der Waals surface area contributed by atoms with E-state index in [2.05, 4.69) is 24.4 Å². The van der Waals surface area contributed by atoms with E-state index in [-0.39, 0.29) is 30.1 Å². The highest BCUT2D eigenvalue weighted by atomic mass is 32.2. The van der Waals surface area contributed by atoms with Crippen LogP contribution in [0.3, 0.4) is 0 Å². The van der Waals surface area contributed by atoms with E-state index in [1.807, 2.05) is 13.8 Å². The molecule has 1 heterocycles. The van der Waals surface area contributed by atoms with Gasteiger partial charge in [-0.25, -0.2) is 13.2 Å². The van der Waals surface area contributed by atoms with Crippen LogP contribution in [0.1, 0.15) is 29.2 Å². The molecule has 1 atom stereocenters. The predicted octanol–water partition coefficient (Wildman–Crippen LogP) is 1.94. The van der Waals surface area contributed by atoms with Crippen LogP contribution in [0.5, 0.6) is 0 Å². The van der Waals surface area contributed by atoms with E-state index in [4.69, 9.17) is 0 Å². The number of benzene rings is 1. The van der Waals surface area contributed by atoms with Gasteiger partial charge in [-0.15, -0.1) is 0 Å². The smallest absolute Gasteiger partial charge is 0.317 e. The number of nitrogens with one attached hydrogen (secondary N) is 1. The van der Waals surface area contributed by atoms with E-state index >= 15 is 0 Å². The third-order valence-electron chi connectivity index (χ3n) is 4.19. The van der Waals surface area contributed by atoms with Crippen LogP contribution in [-0.4, -0.2) is 43.4 Å². The largest absolute Gasteiger partial charge is 0.334 e. The number of aryl methyl sites for hydroxylation is 3. The normalized spacial score (nSPS) is 20.7. The second kappa shape index (κ2) is 6.28. The van der Waals surface area contributed by atoms with Gasteiger partial charge in [0.15, 0.2) is 9.84 Å². The lowest BCUT2D eigenvalue weighted by Gasteiger charge is -2.33. The van der Waals surface area contributed by atoms with Gasteiger partial charge < -0.3 is 10.2 Å². The van der Waals surface area contributed by atoms with E-state index in [0.29, 0.717) is 6.54 Å². The molecule has 0 spiro atoms. The fourth-order valence-corrected chi connectivity index (χ4v) is 4.61. The number of urea groups is 1. The van der Waals surface area contributed by atoms with Crippen molar-refractivity contribution in [3.05, 3.63) is 34.4 Å². The number of hydrogen-bond donors (Lipinski definition) is 1. The summed E-state index contributed by atoms with van der Waals surface area (Å²) >= 11 is 0. The number of nitrogens with zero attached hydrogens (tertiary/aromatic N) is 1. The summed E-state index contributed by atoms with van der Waals surface area (Å²) in [6.07, 6.45) is 0. The minimum Gasteiger partial charge on any atom is -0.334 e. The van der Waals surface area contributed by atoms with E-state index in [9.17, 15) is 13.2 Å². The van der Waals surface area contributed by atoms with Crippen LogP contribution in [0, 0.1) is 20.8 Å². The summed E-state index contributed by atoms with van der Waals surface area (Å²) in [5, 5.41) is 2.92. The molecule has 0 bridgehead atoms. The number of sulfone groups is 1. The first-order valence-corrected chi connectivity index (χ1v) is 9.33. The van der Waals surface area contributed by atoms with Gasteiger partial charge in [0, 0.05) is 19.1 Å². The summed E-state index contributed by atoms with van der Waals surface area (Å²) in [6, 6.07) is 3.73. The number of carbonyl (C=O) groups is 1. The molecule has 1 saturated heterocycles. The average molecular weight is 324 g/mol. The minimum absolute atomic E-state index is 0.0447. The summed E-state index contributed by atoms with van der Waals surface area (Å²) in [7, 11) is -3.01. The Morgan fingerprint density at radius 2 is 1.86 bits per heavy atom. The topological polar surface area (TPSA) is 66.5 Å². The lowest BCUT2D eigenvalue weighted by Crippen LogP contribution is -2.53. The Morgan fingerprint density at radius 3 is 2.41 bits per heavy atom. The SMILES string of the molecule is Cc1cc(C)c(CNC(=O)N2CCS(=O)(=O)C[C@H]2C)c(C)c1. The number of rotatable bonds is 2. The van der Waals surface area contributed by atoms with Crippen molar-refractivity contribution in [1.29, 1.82) is 0 Å². The average Bonchev–Trinajstić information content (AvgIpc) is 2.35. The first-order valence-electron chi connectivity index (χ1n) is 7.51. The lowest BCUT2D eigenvalue weighted by atomic mass is 10.00. The molecule has 0 radical (unpaired) electrons. The molecule has 22 heavy (non-hydrogen) atoms. The molecule has 2 amide bonds. The molecule has 1 N–H and O–H groups in total. The van der Waals surface area contributed by atoms with Crippen LogP contribution in [-0.2, 0) is 16.4 Å². The summed E-state index contributed by atoms with van der Waals surface area (Å²) in [4.78, 5) is 13.9. The molecule has 1 aromatic rings. The Kier molecular flexibility index (Phi) is 4.80. The Bertz CT molecular complexity index is 660. The Balaban J connectivity index is 2.02. The number of amides is 2. The highest BCUT2D eigenvalue weighted by Gasteiger charge is 2.31. The minimum atomic E-state index is -3.01. The van der Waals surface area contributed by atoms with Gasteiger partial charge in [0.05, 0.1) is 11.5 Å². The van der Waals surface area contributed by atoms with Crippen LogP contribution in [0.25, 0.3) is 0 Å². The Labute approximate surface area is 132 Å². The highest BCUT2D eigenvalue weighted by molar-refractivity contribution is 7.91. The molecule has 2 rings (SSSR count). The van der Waals surface area contributed by atoms with Crippen molar-refractivity contribution in [2.45, 2.75) is 40.3 Å². The van der Waals surface area contributed by atoms with Crippen LogP contribution in [0.2, 0.25) is 0 Å². The van der Waals surface area contributed by atoms with Gasteiger partial charge in [-0.05, 0) is 44.4 Å². The van der Waals surface area contributed by atoms with E-state index < -0.39 is 9.84 Å². The summed E-state index contributed by atoms with van der Waals surface area (Å²) in [5.74, 6) is 0.0936. The van der Waals surface area contributed by atoms with Crippen molar-refractivity contribution >= 4 is 15.9 Å². The van der Waals surface area contributed by atoms with Crippen molar-refractivity contribution in [3.63, 3.8) is 0 Å². The molecular formula is C16H24N2O3S. The van der Waals surface area contributed by atoms with Gasteiger partial charge in [0.1, 0.15) is 0 Å². The monoisotopic (exact) mass is 324 g/mol. The zero-order valence-corrected chi connectivity index (χ0v) is 14.5. The van der Waals surface area contributed by atoms with Gasteiger partial charge >= 0.3 is 6.03 Å². The van der Waals surface area contributed by atoms with Gasteiger partial charge in [-0.3, -0.25) is 0 Å². The quantitative estimate of drug-likeness (QED) is 0.904. The fraction of sp³-hybridized carbons (Fsp3) is 0.562. The molecule has 1 aliphatic heterocycles. The molecular weight excluding hydrogens is 300 g/mol. The zero-order chi connectivity index (χ0) is 16.5. The van der Waals surface area contributed by atoms with Crippen LogP contribution >= 0.6 is 0 Å². The second-order valence-electron chi connectivity index (χ2n) is 6.19. The summed E-state index contributed by atoms with van der Waals surface area (Å²) < 4.78 is 23.1. The molecule has 0 saturated carbocycles. The standard InChI is InChI=1S/C16H24N2O3S/c1-11-7-12(2)15(13(3)8-11)9-17-16(19)18-5-6-22(20,21)10-14(18)4/h7-8,14H,5-6,9-10H2,1-4H3,(H,17,19)/t14-/m1/s1. The zero-order valence-electron chi connectivity index (χ0n) is 13.6. The van der Waals surface area contributed by atoms with Gasteiger partial charge in [0.2, 0.25) is 0 Å². The first-order chi connectivity index (χ1) is 10.2. The molecule has 122 valence electrons. The predicted molar refractivity (Wildman–Crippen MR) is 87.7 cm³/mol. The maximum atomic E-state index is 12.3. The third kappa shape index (κ3) is 3.80. The van der Waals surface area contributed by atoms with Gasteiger partial charge in [-0.2, -0.15) is 0 Å². The lowest BCUT2D eigenvalue weighted by molar-refractivity contribution is 0.184. The number of carbonyl (C=O) groups excluding carboxylic acids is 1. The Hall–Kier alpha value is -1.56. The second-order valence-corrected chi connectivity index (χ2v) is 8.42. The maximum absolute atomic E-state index is 12.3. The highest BCUT2D eigenvalue weighted by Crippen LogP contribution is 2.17. The first kappa shape index (κ1) is 16.8. The Morgan fingerprint density at radius 1 is 1.27 bits per heavy atom. The maximum Gasteiger partial charge on any atom is 0.317 e. The molecule has 1 fully saturated rings. The van der Waals surface area contributed by atoms with E-state index in [1.54, 1.807) is 11.8 Å². The van der Waals surface area contributed by atoms with Crippen LogP contribution in [0.15, 0.2) is 12.1 Å². The molecule has 0 aromatic heterocycles. The van der Waals surface area contributed by atoms with Crippen molar-refractivity contribution < 1.29 is 13.2 Å². The molecule has 0 unspecified atom stereocenters.